The number of rotatable bonds is 18. The molecule has 0 spiro atoms. The van der Waals surface area contributed by atoms with E-state index in [0.29, 0.717) is 61.1 Å². The zero-order valence-corrected chi connectivity index (χ0v) is 25.6. The number of morpholine rings is 1. The molecule has 1 amide bonds. The minimum Gasteiger partial charge on any atom is -0.493 e. The maximum Gasteiger partial charge on any atom is 0.227 e. The summed E-state index contributed by atoms with van der Waals surface area (Å²) in [6.45, 7) is 13.8. The number of ether oxygens (including phenoxy) is 5. The molecule has 0 bridgehead atoms. The normalized spacial score (nSPS) is 13.2. The predicted molar refractivity (Wildman–Crippen MR) is 165 cm³/mol. The van der Waals surface area contributed by atoms with E-state index < -0.39 is 0 Å². The number of hydrogen-bond acceptors (Lipinski definition) is 9. The molecule has 0 aliphatic carbocycles. The van der Waals surface area contributed by atoms with Crippen molar-refractivity contribution in [2.45, 2.75) is 19.8 Å². The van der Waals surface area contributed by atoms with Crippen LogP contribution in [-0.4, -0.2) is 107 Å². The highest BCUT2D eigenvalue weighted by Gasteiger charge is 2.28. The Hall–Kier alpha value is -3.86. The first-order valence-electron chi connectivity index (χ1n) is 14.5. The molecule has 3 rings (SSSR count). The molecule has 2 aromatic carbocycles. The van der Waals surface area contributed by atoms with Gasteiger partial charge in [-0.25, -0.2) is 0 Å². The van der Waals surface area contributed by atoms with E-state index >= 15 is 0 Å². The average molecular weight is 597 g/mol. The lowest BCUT2D eigenvalue weighted by Gasteiger charge is -2.30. The van der Waals surface area contributed by atoms with Gasteiger partial charge in [-0.1, -0.05) is 32.2 Å². The second-order valence-corrected chi connectivity index (χ2v) is 9.89. The van der Waals surface area contributed by atoms with Crippen LogP contribution in [-0.2, 0) is 22.4 Å². The third kappa shape index (κ3) is 8.82. The lowest BCUT2D eigenvalue weighted by Crippen LogP contribution is -2.44. The number of methoxy groups -OCH3 is 2. The molecule has 10 nitrogen and oxygen atoms in total. The summed E-state index contributed by atoms with van der Waals surface area (Å²) >= 11 is 0. The Kier molecular flexibility index (Phi) is 13.5. The maximum atomic E-state index is 14.3. The predicted octanol–water partition coefficient (Wildman–Crippen LogP) is 3.32. The average Bonchev–Trinajstić information content (AvgIpc) is 3.04. The second kappa shape index (κ2) is 17.3. The van der Waals surface area contributed by atoms with E-state index in [1.165, 1.54) is 14.2 Å². The Balaban J connectivity index is 2.12. The lowest BCUT2D eigenvalue weighted by molar-refractivity contribution is -0.131. The van der Waals surface area contributed by atoms with Gasteiger partial charge in [0.25, 0.3) is 0 Å². The van der Waals surface area contributed by atoms with Crippen molar-refractivity contribution < 1.29 is 38.4 Å². The van der Waals surface area contributed by atoms with Crippen LogP contribution in [0.2, 0.25) is 0 Å². The van der Waals surface area contributed by atoms with E-state index in [-0.39, 0.29) is 55.8 Å². The summed E-state index contributed by atoms with van der Waals surface area (Å²) in [7, 11) is 3.03. The number of amides is 1. The molecular formula is C33H44N2O8. The number of nitrogens with zero attached hydrogens (tertiary/aromatic N) is 2. The monoisotopic (exact) mass is 596 g/mol. The molecule has 1 heterocycles. The molecule has 2 aromatic rings. The lowest BCUT2D eigenvalue weighted by atomic mass is 9.89. The molecule has 234 valence electrons. The fraction of sp³-hybridized carbons (Fsp3) is 0.455. The van der Waals surface area contributed by atoms with Gasteiger partial charge in [0.15, 0.2) is 17.3 Å². The van der Waals surface area contributed by atoms with Crippen LogP contribution in [0.3, 0.4) is 0 Å². The van der Waals surface area contributed by atoms with Gasteiger partial charge in [0.05, 0.1) is 46.0 Å². The number of carbonyl (C=O) groups excluding carboxylic acids is 2. The van der Waals surface area contributed by atoms with E-state index in [2.05, 4.69) is 18.1 Å². The molecule has 1 fully saturated rings. The topological polar surface area (TPSA) is 107 Å². The van der Waals surface area contributed by atoms with Gasteiger partial charge in [-0.05, 0) is 35.7 Å². The summed E-state index contributed by atoms with van der Waals surface area (Å²) in [5.74, 6) is 1.12. The van der Waals surface area contributed by atoms with Crippen LogP contribution in [0.4, 0.5) is 0 Å². The summed E-state index contributed by atoms with van der Waals surface area (Å²) in [5.41, 5.74) is 1.85. The first-order chi connectivity index (χ1) is 20.9. The van der Waals surface area contributed by atoms with Crippen LogP contribution in [0.5, 0.6) is 23.0 Å². The number of aliphatic hydroxyl groups excluding tert-OH is 1. The molecular weight excluding hydrogens is 552 g/mol. The van der Waals surface area contributed by atoms with E-state index in [0.717, 1.165) is 18.7 Å². The van der Waals surface area contributed by atoms with Gasteiger partial charge in [-0.2, -0.15) is 0 Å². The zero-order valence-electron chi connectivity index (χ0n) is 25.6. The largest absolute Gasteiger partial charge is 0.493 e. The smallest absolute Gasteiger partial charge is 0.227 e. The Morgan fingerprint density at radius 1 is 0.953 bits per heavy atom. The van der Waals surface area contributed by atoms with Crippen molar-refractivity contribution in [3.63, 3.8) is 0 Å². The second-order valence-electron chi connectivity index (χ2n) is 9.89. The summed E-state index contributed by atoms with van der Waals surface area (Å²) < 4.78 is 28.3. The summed E-state index contributed by atoms with van der Waals surface area (Å²) in [5, 5.41) is 9.79. The first kappa shape index (κ1) is 33.6. The first-order valence-corrected chi connectivity index (χ1v) is 14.5. The van der Waals surface area contributed by atoms with E-state index in [1.807, 2.05) is 6.92 Å². The van der Waals surface area contributed by atoms with Gasteiger partial charge in [0, 0.05) is 44.4 Å². The highest BCUT2D eigenvalue weighted by molar-refractivity contribution is 6.13. The summed E-state index contributed by atoms with van der Waals surface area (Å²) in [6, 6.07) is 6.62. The van der Waals surface area contributed by atoms with Gasteiger partial charge in [-0.15, -0.1) is 0 Å². The Morgan fingerprint density at radius 2 is 1.63 bits per heavy atom. The van der Waals surface area contributed by atoms with Gasteiger partial charge in [0.2, 0.25) is 5.91 Å². The Labute approximate surface area is 254 Å². The molecule has 0 saturated carbocycles. The Morgan fingerprint density at radius 3 is 2.23 bits per heavy atom. The summed E-state index contributed by atoms with van der Waals surface area (Å²) in [4.78, 5) is 32.1. The van der Waals surface area contributed by atoms with E-state index in [9.17, 15) is 14.7 Å². The van der Waals surface area contributed by atoms with E-state index in [1.54, 1.807) is 41.3 Å². The number of hydrogen-bond donors (Lipinski definition) is 1. The van der Waals surface area contributed by atoms with Crippen molar-refractivity contribution in [3.05, 3.63) is 71.8 Å². The van der Waals surface area contributed by atoms with Crippen molar-refractivity contribution in [3.8, 4) is 23.0 Å². The molecule has 1 N–H and O–H groups in total. The number of carbonyl (C=O) groups is 2. The molecule has 0 unspecified atom stereocenters. The minimum atomic E-state index is -0.338. The fourth-order valence-corrected chi connectivity index (χ4v) is 5.05. The number of benzene rings is 2. The van der Waals surface area contributed by atoms with Crippen molar-refractivity contribution in [2.75, 3.05) is 80.0 Å². The van der Waals surface area contributed by atoms with Gasteiger partial charge >= 0.3 is 0 Å². The quantitative estimate of drug-likeness (QED) is 0.205. The molecule has 43 heavy (non-hydrogen) atoms. The molecule has 10 heteroatoms. The third-order valence-corrected chi connectivity index (χ3v) is 7.25. The molecule has 1 aliphatic rings. The third-order valence-electron chi connectivity index (χ3n) is 7.25. The molecule has 1 aliphatic heterocycles. The van der Waals surface area contributed by atoms with E-state index in [4.69, 9.17) is 23.7 Å². The van der Waals surface area contributed by atoms with Crippen molar-refractivity contribution in [2.24, 2.45) is 0 Å². The number of ketones is 1. The van der Waals surface area contributed by atoms with Crippen LogP contribution in [0.25, 0.3) is 0 Å². The molecule has 1 saturated heterocycles. The fourth-order valence-electron chi connectivity index (χ4n) is 5.05. The van der Waals surface area contributed by atoms with Crippen LogP contribution in [0.15, 0.2) is 49.6 Å². The van der Waals surface area contributed by atoms with Crippen LogP contribution >= 0.6 is 0 Å². The highest BCUT2D eigenvalue weighted by atomic mass is 16.5. The van der Waals surface area contributed by atoms with Gasteiger partial charge in [0.1, 0.15) is 24.7 Å². The minimum absolute atomic E-state index is 0.0869. The molecule has 0 radical (unpaired) electrons. The zero-order chi connectivity index (χ0) is 31.2. The standard InChI is InChI=1S/C33H44N2O8/c1-6-17-42-28-23-30(43-18-7-2)32(33(38)24-9-10-27(39-4)29(21-24)40-5)26(25(28)8-3)22-31(37)35(13-16-36)12-11-34-14-19-41-20-15-34/h6-7,9-10,21,23,36H,1-2,8,11-20,22H2,3-5H3. The van der Waals surface area contributed by atoms with Crippen molar-refractivity contribution >= 4 is 11.7 Å². The van der Waals surface area contributed by atoms with Crippen molar-refractivity contribution in [1.29, 1.82) is 0 Å². The van der Waals surface area contributed by atoms with Crippen LogP contribution in [0, 0.1) is 0 Å². The van der Waals surface area contributed by atoms with Crippen molar-refractivity contribution in [1.82, 2.24) is 9.80 Å². The van der Waals surface area contributed by atoms with Gasteiger partial charge < -0.3 is 33.7 Å². The maximum absolute atomic E-state index is 14.3. The highest BCUT2D eigenvalue weighted by Crippen LogP contribution is 2.38. The van der Waals surface area contributed by atoms with Crippen LogP contribution < -0.4 is 18.9 Å². The molecule has 0 aromatic heterocycles. The van der Waals surface area contributed by atoms with Crippen LogP contribution in [0.1, 0.15) is 34.0 Å². The Bertz CT molecular complexity index is 1260. The van der Waals surface area contributed by atoms with Gasteiger partial charge in [-0.3, -0.25) is 14.5 Å². The number of aliphatic hydroxyl groups is 1. The molecule has 0 atom stereocenters. The SMILES string of the molecule is C=CCOc1cc(OCC=C)c(C(=O)c2ccc(OC)c(OC)c2)c(CC(=O)N(CCO)CCN2CCOCC2)c1CC. The summed E-state index contributed by atoms with van der Waals surface area (Å²) in [6.07, 6.45) is 3.63.